The molecule has 3 rings (SSSR count). The lowest BCUT2D eigenvalue weighted by Crippen LogP contribution is -2.12. The van der Waals surface area contributed by atoms with Gasteiger partial charge in [-0.2, -0.15) is 0 Å². The molecule has 0 atom stereocenters. The SMILES string of the molecule is C=C/C=C(O)\C(O)=C/C.Cc1nc2c(NCc3ccc(S(N)(=O)=O)cc3)nccn2c1C. The Kier molecular flexibility index (Phi) is 8.16. The van der Waals surface area contributed by atoms with Crippen LogP contribution in [-0.4, -0.2) is 33.0 Å². The molecule has 0 saturated heterocycles. The van der Waals surface area contributed by atoms with Crippen LogP contribution in [0.1, 0.15) is 23.9 Å². The van der Waals surface area contributed by atoms with Gasteiger partial charge in [-0.05, 0) is 50.6 Å². The van der Waals surface area contributed by atoms with Crippen LogP contribution in [0.2, 0.25) is 0 Å². The summed E-state index contributed by atoms with van der Waals surface area (Å²) in [5, 5.41) is 25.9. The molecule has 1 aromatic carbocycles. The molecule has 0 aliphatic rings. The minimum atomic E-state index is -3.66. The van der Waals surface area contributed by atoms with Crippen LogP contribution in [0.25, 0.3) is 5.65 Å². The van der Waals surface area contributed by atoms with Crippen LogP contribution in [0, 0.1) is 13.8 Å². The zero-order chi connectivity index (χ0) is 23.9. The van der Waals surface area contributed by atoms with Gasteiger partial charge in [0.15, 0.2) is 23.0 Å². The lowest BCUT2D eigenvalue weighted by Gasteiger charge is -2.07. The molecule has 2 heterocycles. The predicted octanol–water partition coefficient (Wildman–Crippen LogP) is 3.68. The summed E-state index contributed by atoms with van der Waals surface area (Å²) in [6.45, 7) is 9.43. The van der Waals surface area contributed by atoms with E-state index in [0.29, 0.717) is 12.4 Å². The Morgan fingerprint density at radius 2 is 1.88 bits per heavy atom. The summed E-state index contributed by atoms with van der Waals surface area (Å²) in [4.78, 5) is 8.93. The normalized spacial score (nSPS) is 12.2. The van der Waals surface area contributed by atoms with Crippen molar-refractivity contribution in [2.24, 2.45) is 5.14 Å². The van der Waals surface area contributed by atoms with Crippen molar-refractivity contribution in [2.75, 3.05) is 5.32 Å². The average molecular weight is 458 g/mol. The fourth-order valence-electron chi connectivity index (χ4n) is 2.66. The number of aliphatic hydroxyl groups excluding tert-OH is 2. The maximum absolute atomic E-state index is 11.2. The number of primary sulfonamides is 1. The molecule has 0 fully saturated rings. The van der Waals surface area contributed by atoms with Crippen LogP contribution in [0.3, 0.4) is 0 Å². The first-order valence-corrected chi connectivity index (χ1v) is 11.2. The maximum atomic E-state index is 11.2. The highest BCUT2D eigenvalue weighted by Crippen LogP contribution is 2.18. The quantitative estimate of drug-likeness (QED) is 0.326. The number of allylic oxidation sites excluding steroid dienone is 3. The molecule has 0 aliphatic heterocycles. The molecule has 2 aromatic heterocycles. The molecule has 0 saturated carbocycles. The molecule has 9 nitrogen and oxygen atoms in total. The van der Waals surface area contributed by atoms with Gasteiger partial charge in [0.25, 0.3) is 0 Å². The van der Waals surface area contributed by atoms with Gasteiger partial charge in [0.2, 0.25) is 10.0 Å². The Balaban J connectivity index is 0.000000344. The number of hydrogen-bond acceptors (Lipinski definition) is 7. The first-order chi connectivity index (χ1) is 15.1. The van der Waals surface area contributed by atoms with E-state index >= 15 is 0 Å². The van der Waals surface area contributed by atoms with Crippen LogP contribution >= 0.6 is 0 Å². The Morgan fingerprint density at radius 1 is 1.22 bits per heavy atom. The van der Waals surface area contributed by atoms with Gasteiger partial charge in [0.1, 0.15) is 0 Å². The largest absolute Gasteiger partial charge is 0.504 e. The molecular weight excluding hydrogens is 430 g/mol. The molecule has 0 unspecified atom stereocenters. The summed E-state index contributed by atoms with van der Waals surface area (Å²) in [7, 11) is -3.66. The number of nitrogens with two attached hydrogens (primary N) is 1. The Hall–Kier alpha value is -3.63. The van der Waals surface area contributed by atoms with Gasteiger partial charge in [-0.3, -0.25) is 4.40 Å². The molecule has 0 spiro atoms. The molecule has 5 N–H and O–H groups in total. The van der Waals surface area contributed by atoms with Gasteiger partial charge in [-0.25, -0.2) is 23.5 Å². The zero-order valence-corrected chi connectivity index (χ0v) is 19.0. The Labute approximate surface area is 187 Å². The Bertz CT molecular complexity index is 1260. The summed E-state index contributed by atoms with van der Waals surface area (Å²) in [6, 6.07) is 6.41. The molecule has 0 bridgehead atoms. The molecule has 3 aromatic rings. The van der Waals surface area contributed by atoms with E-state index in [1.54, 1.807) is 25.3 Å². The van der Waals surface area contributed by atoms with Gasteiger partial charge in [-0.1, -0.05) is 24.8 Å². The fraction of sp³-hybridized carbons (Fsp3) is 0.182. The number of aliphatic hydroxyl groups is 2. The van der Waals surface area contributed by atoms with E-state index in [1.165, 1.54) is 30.4 Å². The van der Waals surface area contributed by atoms with Crippen molar-refractivity contribution in [3.8, 4) is 0 Å². The minimum absolute atomic E-state index is 0.0981. The van der Waals surface area contributed by atoms with Crippen LogP contribution < -0.4 is 10.5 Å². The predicted molar refractivity (Wildman–Crippen MR) is 125 cm³/mol. The van der Waals surface area contributed by atoms with Crippen molar-refractivity contribution >= 4 is 21.5 Å². The first-order valence-electron chi connectivity index (χ1n) is 9.61. The second-order valence-electron chi connectivity index (χ2n) is 6.76. The summed E-state index contributed by atoms with van der Waals surface area (Å²) >= 11 is 0. The number of benzene rings is 1. The van der Waals surface area contributed by atoms with Crippen molar-refractivity contribution < 1.29 is 18.6 Å². The molecule has 0 radical (unpaired) electrons. The van der Waals surface area contributed by atoms with Crippen LogP contribution in [0.15, 0.2) is 77.9 Å². The number of hydrogen-bond donors (Lipinski definition) is 4. The summed E-state index contributed by atoms with van der Waals surface area (Å²) in [5.41, 5.74) is 3.71. The monoisotopic (exact) mass is 457 g/mol. The maximum Gasteiger partial charge on any atom is 0.238 e. The van der Waals surface area contributed by atoms with Crippen molar-refractivity contribution in [3.05, 3.63) is 89.9 Å². The van der Waals surface area contributed by atoms with E-state index < -0.39 is 10.0 Å². The molecule has 10 heteroatoms. The van der Waals surface area contributed by atoms with Crippen molar-refractivity contribution in [1.82, 2.24) is 14.4 Å². The van der Waals surface area contributed by atoms with Crippen molar-refractivity contribution in [2.45, 2.75) is 32.2 Å². The highest BCUT2D eigenvalue weighted by atomic mass is 32.2. The Morgan fingerprint density at radius 3 is 2.44 bits per heavy atom. The zero-order valence-electron chi connectivity index (χ0n) is 18.1. The molecule has 32 heavy (non-hydrogen) atoms. The lowest BCUT2D eigenvalue weighted by molar-refractivity contribution is 0.326. The van der Waals surface area contributed by atoms with Crippen LogP contribution in [-0.2, 0) is 16.6 Å². The fourth-order valence-corrected chi connectivity index (χ4v) is 3.18. The van der Waals surface area contributed by atoms with Crippen molar-refractivity contribution in [1.29, 1.82) is 0 Å². The topological polar surface area (TPSA) is 143 Å². The second-order valence-corrected chi connectivity index (χ2v) is 8.32. The number of fused-ring (bicyclic) bond motifs is 1. The van der Waals surface area contributed by atoms with Crippen LogP contribution in [0.4, 0.5) is 5.82 Å². The average Bonchev–Trinajstić information content (AvgIpc) is 3.06. The van der Waals surface area contributed by atoms with E-state index in [-0.39, 0.29) is 16.4 Å². The van der Waals surface area contributed by atoms with Gasteiger partial charge in [0.05, 0.1) is 10.6 Å². The van der Waals surface area contributed by atoms with Crippen LogP contribution in [0.5, 0.6) is 0 Å². The van der Waals surface area contributed by atoms with Gasteiger partial charge in [0, 0.05) is 24.6 Å². The van der Waals surface area contributed by atoms with E-state index in [9.17, 15) is 8.42 Å². The number of aryl methyl sites for hydroxylation is 2. The standard InChI is InChI=1S/C15H17N5O2S.C7H10O2/c1-10-11(2)20-8-7-17-14(15(20)19-10)18-9-12-3-5-13(6-4-12)23(16,21)22;1-3-5-7(9)6(8)4-2/h3-8H,9H2,1-2H3,(H,17,18)(H2,16,21,22);3-5,8-9H,1H2,2H3/b;6-4+,7-5+. The molecular formula is C22H27N5O4S. The summed E-state index contributed by atoms with van der Waals surface area (Å²) < 4.78 is 24.5. The third-order valence-electron chi connectivity index (χ3n) is 4.54. The number of nitrogens with one attached hydrogen (secondary N) is 1. The number of anilines is 1. The molecule has 170 valence electrons. The molecule has 0 amide bonds. The number of nitrogens with zero attached hydrogens (tertiary/aromatic N) is 3. The second kappa shape index (κ2) is 10.6. The third-order valence-corrected chi connectivity index (χ3v) is 5.47. The van der Waals surface area contributed by atoms with E-state index in [0.717, 1.165) is 22.6 Å². The number of imidazole rings is 1. The first kappa shape index (κ1) is 24.6. The summed E-state index contributed by atoms with van der Waals surface area (Å²) in [5.74, 6) is 0.390. The summed E-state index contributed by atoms with van der Waals surface area (Å²) in [6.07, 6.45) is 7.70. The highest BCUT2D eigenvalue weighted by Gasteiger charge is 2.10. The van der Waals surface area contributed by atoms with Gasteiger partial charge in [-0.15, -0.1) is 0 Å². The third kappa shape index (κ3) is 6.19. The number of rotatable bonds is 6. The molecule has 0 aliphatic carbocycles. The van der Waals surface area contributed by atoms with E-state index in [2.05, 4.69) is 21.9 Å². The highest BCUT2D eigenvalue weighted by molar-refractivity contribution is 7.89. The van der Waals surface area contributed by atoms with Gasteiger partial charge < -0.3 is 15.5 Å². The lowest BCUT2D eigenvalue weighted by atomic mass is 10.2. The number of sulfonamides is 1. The van der Waals surface area contributed by atoms with Crippen molar-refractivity contribution in [3.63, 3.8) is 0 Å². The minimum Gasteiger partial charge on any atom is -0.504 e. The van der Waals surface area contributed by atoms with E-state index in [4.69, 9.17) is 15.4 Å². The number of aromatic nitrogens is 3. The van der Waals surface area contributed by atoms with Gasteiger partial charge >= 0.3 is 0 Å². The smallest absolute Gasteiger partial charge is 0.238 e. The van der Waals surface area contributed by atoms with E-state index in [1.807, 2.05) is 24.4 Å².